The molecule has 2 heterocycles. The fourth-order valence-corrected chi connectivity index (χ4v) is 2.10. The average Bonchev–Trinajstić information content (AvgIpc) is 2.60. The van der Waals surface area contributed by atoms with Gasteiger partial charge in [0.05, 0.1) is 13.1 Å². The van der Waals surface area contributed by atoms with Crippen LogP contribution in [0.5, 0.6) is 0 Å². The number of nitrogens with one attached hydrogen (secondary N) is 1. The quantitative estimate of drug-likeness (QED) is 0.773. The third-order valence-electron chi connectivity index (χ3n) is 2.25. The van der Waals surface area contributed by atoms with Crippen molar-refractivity contribution in [2.45, 2.75) is 13.0 Å². The Balaban J connectivity index is 1.98. The lowest BCUT2D eigenvalue weighted by atomic mass is 10.3. The molecule has 5 heteroatoms. The van der Waals surface area contributed by atoms with Crippen molar-refractivity contribution >= 4 is 17.4 Å². The summed E-state index contributed by atoms with van der Waals surface area (Å²) in [6.07, 6.45) is 2.81. The predicted molar refractivity (Wildman–Crippen MR) is 55.0 cm³/mol. The molecular weight excluding hydrogens is 198 g/mol. The number of hydrogen-bond donors (Lipinski definition) is 1. The fraction of sp³-hybridized carbons (Fsp3) is 0.556. The molecule has 1 fully saturated rings. The minimum absolute atomic E-state index is 0.191. The molecule has 4 nitrogen and oxygen atoms in total. The molecule has 1 aromatic heterocycles. The lowest BCUT2D eigenvalue weighted by Gasteiger charge is -2.18. The van der Waals surface area contributed by atoms with Crippen LogP contribution in [0.1, 0.15) is 11.3 Å². The smallest absolute Gasteiger partial charge is 0.236 e. The summed E-state index contributed by atoms with van der Waals surface area (Å²) in [6.45, 7) is 2.97. The van der Waals surface area contributed by atoms with Gasteiger partial charge in [-0.05, 0) is 30.6 Å². The molecule has 1 aliphatic heterocycles. The van der Waals surface area contributed by atoms with E-state index in [4.69, 9.17) is 0 Å². The van der Waals surface area contributed by atoms with E-state index in [0.29, 0.717) is 13.1 Å². The molecule has 0 aromatic carbocycles. The van der Waals surface area contributed by atoms with Crippen molar-refractivity contribution in [3.05, 3.63) is 17.1 Å². The summed E-state index contributed by atoms with van der Waals surface area (Å²) in [6, 6.07) is 1.97. The molecule has 14 heavy (non-hydrogen) atoms. The Labute approximate surface area is 87.1 Å². The molecule has 2 rings (SSSR count). The van der Waals surface area contributed by atoms with Gasteiger partial charge in [0, 0.05) is 17.6 Å². The minimum atomic E-state index is 0.191. The van der Waals surface area contributed by atoms with E-state index in [0.717, 1.165) is 24.4 Å². The van der Waals surface area contributed by atoms with E-state index in [2.05, 4.69) is 9.69 Å². The number of carbonyl (C=O) groups is 1. The lowest BCUT2D eigenvalue weighted by Crippen LogP contribution is -2.34. The van der Waals surface area contributed by atoms with Crippen LogP contribution in [0.4, 0.5) is 0 Å². The summed E-state index contributed by atoms with van der Waals surface area (Å²) in [5.41, 5.74) is 0. The Hall–Kier alpha value is -0.940. The molecule has 76 valence electrons. The van der Waals surface area contributed by atoms with Gasteiger partial charge in [0.1, 0.15) is 0 Å². The second-order valence-corrected chi connectivity index (χ2v) is 4.24. The maximum absolute atomic E-state index is 11.6. The highest BCUT2D eigenvalue weighted by atomic mass is 32.1. The van der Waals surface area contributed by atoms with Crippen molar-refractivity contribution in [3.8, 4) is 0 Å². The number of nitrogens with zero attached hydrogens (tertiary/aromatic N) is 2. The van der Waals surface area contributed by atoms with Crippen molar-refractivity contribution < 1.29 is 4.79 Å². The van der Waals surface area contributed by atoms with Crippen LogP contribution in [0.3, 0.4) is 0 Å². The summed E-state index contributed by atoms with van der Waals surface area (Å²) in [5, 5.41) is 3.10. The number of amides is 1. The van der Waals surface area contributed by atoms with Crippen LogP contribution in [0.2, 0.25) is 0 Å². The van der Waals surface area contributed by atoms with Crippen LogP contribution in [-0.2, 0) is 11.3 Å². The van der Waals surface area contributed by atoms with Crippen molar-refractivity contribution in [2.24, 2.45) is 0 Å². The van der Waals surface area contributed by atoms with Gasteiger partial charge in [0.2, 0.25) is 5.91 Å². The first kappa shape index (κ1) is 9.61. The van der Waals surface area contributed by atoms with Crippen LogP contribution in [0, 0.1) is 0 Å². The first-order valence-corrected chi connectivity index (χ1v) is 5.51. The number of hydrogen-bond acceptors (Lipinski definition) is 4. The van der Waals surface area contributed by atoms with Gasteiger partial charge in [-0.15, -0.1) is 0 Å². The summed E-state index contributed by atoms with van der Waals surface area (Å²) in [7, 11) is 0. The van der Waals surface area contributed by atoms with Crippen LogP contribution in [0.15, 0.2) is 12.3 Å². The van der Waals surface area contributed by atoms with E-state index >= 15 is 0 Å². The molecule has 0 atom stereocenters. The Morgan fingerprint density at radius 2 is 2.57 bits per heavy atom. The van der Waals surface area contributed by atoms with Gasteiger partial charge in [0.25, 0.3) is 0 Å². The maximum atomic E-state index is 11.6. The highest BCUT2D eigenvalue weighted by molar-refractivity contribution is 7.05. The Morgan fingerprint density at radius 1 is 1.64 bits per heavy atom. The highest BCUT2D eigenvalue weighted by Gasteiger charge is 2.16. The molecule has 1 aliphatic rings. The zero-order chi connectivity index (χ0) is 9.80. The molecule has 1 aromatic rings. The minimum Gasteiger partial charge on any atom is -0.336 e. The standard InChI is InChI=1S/C9H13N3OS/c13-9-6-10-3-1-5-12(9)7-8-2-4-11-14-8/h2,4,10H,1,3,5-7H2. The molecule has 1 amide bonds. The Bertz CT molecular complexity index is 299. The fourth-order valence-electron chi connectivity index (χ4n) is 1.51. The third kappa shape index (κ3) is 2.30. The van der Waals surface area contributed by atoms with Crippen LogP contribution in [0.25, 0.3) is 0 Å². The van der Waals surface area contributed by atoms with E-state index in [1.54, 1.807) is 6.20 Å². The lowest BCUT2D eigenvalue weighted by molar-refractivity contribution is -0.130. The van der Waals surface area contributed by atoms with Gasteiger partial charge in [-0.1, -0.05) is 0 Å². The second-order valence-electron chi connectivity index (χ2n) is 3.32. The van der Waals surface area contributed by atoms with Crippen LogP contribution in [-0.4, -0.2) is 34.8 Å². The number of rotatable bonds is 2. The summed E-state index contributed by atoms with van der Waals surface area (Å²) in [5.74, 6) is 0.191. The molecule has 0 bridgehead atoms. The zero-order valence-electron chi connectivity index (χ0n) is 7.90. The topological polar surface area (TPSA) is 45.2 Å². The SMILES string of the molecule is O=C1CNCCCN1Cc1ccns1. The summed E-state index contributed by atoms with van der Waals surface area (Å²) >= 11 is 1.46. The molecule has 0 aliphatic carbocycles. The Kier molecular flexibility index (Phi) is 3.10. The van der Waals surface area contributed by atoms with Gasteiger partial charge in [-0.25, -0.2) is 4.37 Å². The van der Waals surface area contributed by atoms with Crippen molar-refractivity contribution in [2.75, 3.05) is 19.6 Å². The van der Waals surface area contributed by atoms with Crippen molar-refractivity contribution in [1.29, 1.82) is 0 Å². The summed E-state index contributed by atoms with van der Waals surface area (Å²) in [4.78, 5) is 14.6. The van der Waals surface area contributed by atoms with E-state index in [9.17, 15) is 4.79 Å². The average molecular weight is 211 g/mol. The van der Waals surface area contributed by atoms with Gasteiger partial charge in [-0.3, -0.25) is 4.79 Å². The van der Waals surface area contributed by atoms with E-state index in [1.807, 2.05) is 11.0 Å². The zero-order valence-corrected chi connectivity index (χ0v) is 8.72. The van der Waals surface area contributed by atoms with E-state index in [1.165, 1.54) is 11.5 Å². The van der Waals surface area contributed by atoms with Gasteiger partial charge in [0.15, 0.2) is 0 Å². The first-order chi connectivity index (χ1) is 6.86. The van der Waals surface area contributed by atoms with Gasteiger partial charge < -0.3 is 10.2 Å². The van der Waals surface area contributed by atoms with Crippen LogP contribution < -0.4 is 5.32 Å². The van der Waals surface area contributed by atoms with Gasteiger partial charge >= 0.3 is 0 Å². The first-order valence-electron chi connectivity index (χ1n) is 4.74. The molecule has 0 unspecified atom stereocenters. The summed E-state index contributed by atoms with van der Waals surface area (Å²) < 4.78 is 4.02. The van der Waals surface area contributed by atoms with E-state index < -0.39 is 0 Å². The molecular formula is C9H13N3OS. The second kappa shape index (κ2) is 4.52. The Morgan fingerprint density at radius 3 is 3.36 bits per heavy atom. The third-order valence-corrected chi connectivity index (χ3v) is 2.98. The normalized spacial score (nSPS) is 18.3. The monoisotopic (exact) mass is 211 g/mol. The maximum Gasteiger partial charge on any atom is 0.236 e. The molecule has 1 N–H and O–H groups in total. The molecule has 0 saturated carbocycles. The highest BCUT2D eigenvalue weighted by Crippen LogP contribution is 2.10. The van der Waals surface area contributed by atoms with Gasteiger partial charge in [-0.2, -0.15) is 0 Å². The predicted octanol–water partition coefficient (Wildman–Crippen LogP) is 0.465. The molecule has 1 saturated heterocycles. The van der Waals surface area contributed by atoms with Crippen molar-refractivity contribution in [3.63, 3.8) is 0 Å². The number of aromatic nitrogens is 1. The largest absolute Gasteiger partial charge is 0.336 e. The van der Waals surface area contributed by atoms with Crippen LogP contribution >= 0.6 is 11.5 Å². The molecule has 0 spiro atoms. The van der Waals surface area contributed by atoms with Crippen molar-refractivity contribution in [1.82, 2.24) is 14.6 Å². The number of carbonyl (C=O) groups excluding carboxylic acids is 1. The van der Waals surface area contributed by atoms with E-state index in [-0.39, 0.29) is 5.91 Å². The molecule has 0 radical (unpaired) electrons.